The summed E-state index contributed by atoms with van der Waals surface area (Å²) in [6.45, 7) is 5.79. The van der Waals surface area contributed by atoms with Gasteiger partial charge in [-0.25, -0.2) is 0 Å². The van der Waals surface area contributed by atoms with Crippen molar-refractivity contribution in [1.82, 2.24) is 4.98 Å². The van der Waals surface area contributed by atoms with Gasteiger partial charge in [0.1, 0.15) is 0 Å². The van der Waals surface area contributed by atoms with Gasteiger partial charge in [0.15, 0.2) is 0 Å². The Kier molecular flexibility index (Phi) is 3.42. The second kappa shape index (κ2) is 4.40. The van der Waals surface area contributed by atoms with Crippen LogP contribution >= 0.6 is 0 Å². The number of carbonyl (C=O) groups excluding carboxylic acids is 1. The van der Waals surface area contributed by atoms with Crippen LogP contribution in [0.25, 0.3) is 0 Å². The molecule has 1 aromatic heterocycles. The van der Waals surface area contributed by atoms with Crippen LogP contribution in [0.4, 0.5) is 5.69 Å². The SMILES string of the molecule is CC(C)(C)[C@@H](N)C(=O)Nc1cccnc1. The molecule has 0 radical (unpaired) electrons. The predicted molar refractivity (Wildman–Crippen MR) is 60.3 cm³/mol. The smallest absolute Gasteiger partial charge is 0.241 e. The van der Waals surface area contributed by atoms with Crippen molar-refractivity contribution >= 4 is 11.6 Å². The molecule has 3 N–H and O–H groups in total. The van der Waals surface area contributed by atoms with Gasteiger partial charge in [-0.1, -0.05) is 20.8 Å². The van der Waals surface area contributed by atoms with Gasteiger partial charge in [0.25, 0.3) is 0 Å². The number of amides is 1. The average molecular weight is 207 g/mol. The molecule has 82 valence electrons. The van der Waals surface area contributed by atoms with Crippen LogP contribution < -0.4 is 11.1 Å². The van der Waals surface area contributed by atoms with Gasteiger partial charge in [-0.15, -0.1) is 0 Å². The molecule has 0 spiro atoms. The van der Waals surface area contributed by atoms with E-state index in [1.165, 1.54) is 0 Å². The molecule has 1 atom stereocenters. The number of hydrogen-bond acceptors (Lipinski definition) is 3. The van der Waals surface area contributed by atoms with Crippen LogP contribution in [0.2, 0.25) is 0 Å². The maximum Gasteiger partial charge on any atom is 0.241 e. The Morgan fingerprint density at radius 1 is 1.53 bits per heavy atom. The van der Waals surface area contributed by atoms with Crippen LogP contribution in [0.15, 0.2) is 24.5 Å². The van der Waals surface area contributed by atoms with E-state index in [1.54, 1.807) is 24.5 Å². The van der Waals surface area contributed by atoms with E-state index in [2.05, 4.69) is 10.3 Å². The molecular weight excluding hydrogens is 190 g/mol. The highest BCUT2D eigenvalue weighted by Gasteiger charge is 2.27. The quantitative estimate of drug-likeness (QED) is 0.770. The van der Waals surface area contributed by atoms with Gasteiger partial charge in [0, 0.05) is 6.20 Å². The Morgan fingerprint density at radius 2 is 2.20 bits per heavy atom. The topological polar surface area (TPSA) is 68.0 Å². The summed E-state index contributed by atoms with van der Waals surface area (Å²) in [5, 5.41) is 2.72. The zero-order chi connectivity index (χ0) is 11.5. The fraction of sp³-hybridized carbons (Fsp3) is 0.455. The highest BCUT2D eigenvalue weighted by atomic mass is 16.2. The van der Waals surface area contributed by atoms with Gasteiger partial charge in [-0.05, 0) is 17.5 Å². The van der Waals surface area contributed by atoms with E-state index in [1.807, 2.05) is 20.8 Å². The Bertz CT molecular complexity index is 329. The molecule has 0 aliphatic carbocycles. The molecule has 1 amide bonds. The minimum atomic E-state index is -0.530. The fourth-order valence-corrected chi connectivity index (χ4v) is 1.05. The van der Waals surface area contributed by atoms with Crippen molar-refractivity contribution in [1.29, 1.82) is 0 Å². The second-order valence-corrected chi connectivity index (χ2v) is 4.57. The molecule has 1 heterocycles. The Labute approximate surface area is 89.9 Å². The van der Waals surface area contributed by atoms with Gasteiger partial charge >= 0.3 is 0 Å². The van der Waals surface area contributed by atoms with Crippen molar-refractivity contribution in [3.63, 3.8) is 0 Å². The minimum absolute atomic E-state index is 0.185. The van der Waals surface area contributed by atoms with Crippen LogP contribution in [0.1, 0.15) is 20.8 Å². The highest BCUT2D eigenvalue weighted by molar-refractivity contribution is 5.95. The first kappa shape index (κ1) is 11.7. The second-order valence-electron chi connectivity index (χ2n) is 4.57. The zero-order valence-corrected chi connectivity index (χ0v) is 9.32. The highest BCUT2D eigenvalue weighted by Crippen LogP contribution is 2.18. The molecule has 0 unspecified atom stereocenters. The van der Waals surface area contributed by atoms with Gasteiger partial charge < -0.3 is 11.1 Å². The van der Waals surface area contributed by atoms with E-state index in [4.69, 9.17) is 5.73 Å². The summed E-state index contributed by atoms with van der Waals surface area (Å²) in [5.41, 5.74) is 6.23. The Balaban J connectivity index is 2.65. The summed E-state index contributed by atoms with van der Waals surface area (Å²) in [6.07, 6.45) is 3.24. The summed E-state index contributed by atoms with van der Waals surface area (Å²) >= 11 is 0. The van der Waals surface area contributed by atoms with E-state index >= 15 is 0 Å². The first-order valence-corrected chi connectivity index (χ1v) is 4.88. The average Bonchev–Trinajstić information content (AvgIpc) is 2.16. The molecule has 0 aliphatic rings. The standard InChI is InChI=1S/C11H17N3O/c1-11(2,3)9(12)10(15)14-8-5-4-6-13-7-8/h4-7,9H,12H2,1-3H3,(H,14,15)/t9-/m0/s1. The van der Waals surface area contributed by atoms with Crippen LogP contribution in [-0.2, 0) is 4.79 Å². The molecular formula is C11H17N3O. The summed E-state index contributed by atoms with van der Waals surface area (Å²) in [4.78, 5) is 15.6. The van der Waals surface area contributed by atoms with E-state index in [9.17, 15) is 4.79 Å². The first-order valence-electron chi connectivity index (χ1n) is 4.88. The van der Waals surface area contributed by atoms with Crippen LogP contribution in [0.5, 0.6) is 0 Å². The molecule has 4 nitrogen and oxygen atoms in total. The van der Waals surface area contributed by atoms with Crippen molar-refractivity contribution in [2.45, 2.75) is 26.8 Å². The maximum absolute atomic E-state index is 11.7. The molecule has 1 aromatic rings. The minimum Gasteiger partial charge on any atom is -0.323 e. The number of nitrogens with one attached hydrogen (secondary N) is 1. The van der Waals surface area contributed by atoms with Crippen molar-refractivity contribution in [2.24, 2.45) is 11.1 Å². The van der Waals surface area contributed by atoms with Crippen molar-refractivity contribution in [2.75, 3.05) is 5.32 Å². The van der Waals surface area contributed by atoms with Gasteiger partial charge in [-0.3, -0.25) is 9.78 Å². The van der Waals surface area contributed by atoms with Crippen LogP contribution in [0.3, 0.4) is 0 Å². The number of anilines is 1. The molecule has 4 heteroatoms. The van der Waals surface area contributed by atoms with Crippen molar-refractivity contribution < 1.29 is 4.79 Å². The number of pyridine rings is 1. The molecule has 15 heavy (non-hydrogen) atoms. The van der Waals surface area contributed by atoms with Crippen LogP contribution in [0, 0.1) is 5.41 Å². The third kappa shape index (κ3) is 3.32. The number of carbonyl (C=O) groups is 1. The van der Waals surface area contributed by atoms with E-state index in [0.29, 0.717) is 5.69 Å². The monoisotopic (exact) mass is 207 g/mol. The first-order chi connectivity index (χ1) is 6.91. The summed E-state index contributed by atoms with van der Waals surface area (Å²) in [7, 11) is 0. The van der Waals surface area contributed by atoms with E-state index in [-0.39, 0.29) is 11.3 Å². The number of nitrogens with zero attached hydrogens (tertiary/aromatic N) is 1. The van der Waals surface area contributed by atoms with Crippen LogP contribution in [-0.4, -0.2) is 16.9 Å². The lowest BCUT2D eigenvalue weighted by Gasteiger charge is -2.25. The maximum atomic E-state index is 11.7. The lowest BCUT2D eigenvalue weighted by atomic mass is 9.87. The largest absolute Gasteiger partial charge is 0.323 e. The normalized spacial score (nSPS) is 13.3. The molecule has 0 saturated heterocycles. The zero-order valence-electron chi connectivity index (χ0n) is 9.32. The van der Waals surface area contributed by atoms with E-state index < -0.39 is 6.04 Å². The summed E-state index contributed by atoms with van der Waals surface area (Å²) in [5.74, 6) is -0.185. The number of hydrogen-bond donors (Lipinski definition) is 2. The predicted octanol–water partition coefficient (Wildman–Crippen LogP) is 1.39. The molecule has 0 bridgehead atoms. The van der Waals surface area contributed by atoms with Crippen molar-refractivity contribution in [3.8, 4) is 0 Å². The lowest BCUT2D eigenvalue weighted by Crippen LogP contribution is -2.45. The third-order valence-corrected chi connectivity index (χ3v) is 2.14. The lowest BCUT2D eigenvalue weighted by molar-refractivity contribution is -0.119. The fourth-order valence-electron chi connectivity index (χ4n) is 1.05. The number of aromatic nitrogens is 1. The molecule has 0 fully saturated rings. The Hall–Kier alpha value is -1.42. The molecule has 0 aliphatic heterocycles. The summed E-state index contributed by atoms with van der Waals surface area (Å²) in [6, 6.07) is 3.01. The number of rotatable bonds is 2. The summed E-state index contributed by atoms with van der Waals surface area (Å²) < 4.78 is 0. The molecule has 1 rings (SSSR count). The van der Waals surface area contributed by atoms with E-state index in [0.717, 1.165) is 0 Å². The number of nitrogens with two attached hydrogens (primary N) is 1. The van der Waals surface area contributed by atoms with Crippen molar-refractivity contribution in [3.05, 3.63) is 24.5 Å². The van der Waals surface area contributed by atoms with Gasteiger partial charge in [-0.2, -0.15) is 0 Å². The van der Waals surface area contributed by atoms with Gasteiger partial charge in [0.05, 0.1) is 17.9 Å². The molecule has 0 aromatic carbocycles. The molecule has 0 saturated carbocycles. The third-order valence-electron chi connectivity index (χ3n) is 2.14. The van der Waals surface area contributed by atoms with Gasteiger partial charge in [0.2, 0.25) is 5.91 Å². The Morgan fingerprint density at radius 3 is 2.67 bits per heavy atom.